The Morgan fingerprint density at radius 3 is 2.90 bits per heavy atom. The lowest BCUT2D eigenvalue weighted by Gasteiger charge is -2.30. The molecule has 1 aromatic carbocycles. The number of nitrogens with one attached hydrogen (secondary N) is 1. The first kappa shape index (κ1) is 14.8. The van der Waals surface area contributed by atoms with Crippen LogP contribution in [-0.4, -0.2) is 35.1 Å². The van der Waals surface area contributed by atoms with Gasteiger partial charge < -0.3 is 15.3 Å². The molecule has 0 aromatic heterocycles. The lowest BCUT2D eigenvalue weighted by molar-refractivity contribution is -0.143. The topological polar surface area (TPSA) is 69.6 Å². The summed E-state index contributed by atoms with van der Waals surface area (Å²) in [5, 5.41) is 11.9. The second-order valence-electron chi connectivity index (χ2n) is 5.04. The van der Waals surface area contributed by atoms with Gasteiger partial charge in [0.2, 0.25) is 0 Å². The highest BCUT2D eigenvalue weighted by atomic mass is 79.9. The van der Waals surface area contributed by atoms with E-state index in [1.807, 2.05) is 25.1 Å². The zero-order chi connectivity index (χ0) is 14.7. The maximum atomic E-state index is 12.2. The van der Waals surface area contributed by atoms with Crippen LogP contribution in [0.1, 0.15) is 18.4 Å². The van der Waals surface area contributed by atoms with Crippen LogP contribution in [0, 0.1) is 12.8 Å². The van der Waals surface area contributed by atoms with Gasteiger partial charge in [0.25, 0.3) is 0 Å². The zero-order valence-corrected chi connectivity index (χ0v) is 12.8. The summed E-state index contributed by atoms with van der Waals surface area (Å²) in [5.74, 6) is -1.30. The Bertz CT molecular complexity index is 533. The minimum Gasteiger partial charge on any atom is -0.481 e. The number of nitrogens with zero attached hydrogens (tertiary/aromatic N) is 1. The van der Waals surface area contributed by atoms with E-state index in [1.54, 1.807) is 4.90 Å². The van der Waals surface area contributed by atoms with E-state index in [2.05, 4.69) is 21.2 Å². The second kappa shape index (κ2) is 6.26. The van der Waals surface area contributed by atoms with Gasteiger partial charge in [0.1, 0.15) is 0 Å². The molecule has 0 bridgehead atoms. The molecule has 0 radical (unpaired) electrons. The summed E-state index contributed by atoms with van der Waals surface area (Å²) in [6.07, 6.45) is 1.35. The number of aryl methyl sites for hydroxylation is 1. The van der Waals surface area contributed by atoms with Crippen LogP contribution in [0.15, 0.2) is 22.7 Å². The van der Waals surface area contributed by atoms with Crippen molar-refractivity contribution in [3.05, 3.63) is 28.2 Å². The third-order valence-corrected chi connectivity index (χ3v) is 4.11. The van der Waals surface area contributed by atoms with Crippen molar-refractivity contribution in [3.63, 3.8) is 0 Å². The predicted molar refractivity (Wildman–Crippen MR) is 79.8 cm³/mol. The minimum absolute atomic E-state index is 0.248. The molecule has 1 heterocycles. The normalized spacial score (nSPS) is 18.7. The van der Waals surface area contributed by atoms with Gasteiger partial charge in [0.15, 0.2) is 0 Å². The number of carboxylic acids is 1. The molecular weight excluding hydrogens is 324 g/mol. The fraction of sp³-hybridized carbons (Fsp3) is 0.429. The lowest BCUT2D eigenvalue weighted by Crippen LogP contribution is -2.44. The number of amides is 2. The molecule has 108 valence electrons. The molecule has 0 unspecified atom stereocenters. The number of carbonyl (C=O) groups excluding carboxylic acids is 1. The number of rotatable bonds is 2. The summed E-state index contributed by atoms with van der Waals surface area (Å²) in [7, 11) is 0. The average molecular weight is 341 g/mol. The number of carboxylic acid groups (broad SMARTS) is 1. The Hall–Kier alpha value is -1.56. The molecular formula is C14H17BrN2O3. The molecule has 20 heavy (non-hydrogen) atoms. The molecule has 2 amide bonds. The van der Waals surface area contributed by atoms with Gasteiger partial charge in [0, 0.05) is 17.6 Å². The van der Waals surface area contributed by atoms with Gasteiger partial charge in [-0.3, -0.25) is 4.79 Å². The molecule has 2 N–H and O–H groups in total. The van der Waals surface area contributed by atoms with E-state index in [9.17, 15) is 9.59 Å². The van der Waals surface area contributed by atoms with Gasteiger partial charge in [-0.15, -0.1) is 0 Å². The third kappa shape index (κ3) is 3.50. The quantitative estimate of drug-likeness (QED) is 0.869. The van der Waals surface area contributed by atoms with Gasteiger partial charge in [-0.1, -0.05) is 6.07 Å². The number of benzene rings is 1. The van der Waals surface area contributed by atoms with Crippen molar-refractivity contribution in [1.29, 1.82) is 0 Å². The standard InChI is InChI=1S/C14H17BrN2O3/c1-9-4-5-11(15)12(7-9)16-14(20)17-6-2-3-10(8-17)13(18)19/h4-5,7,10H,2-3,6,8H2,1H3,(H,16,20)(H,18,19)/t10-/m0/s1. The summed E-state index contributed by atoms with van der Waals surface area (Å²) in [6, 6.07) is 5.45. The highest BCUT2D eigenvalue weighted by Crippen LogP contribution is 2.24. The summed E-state index contributed by atoms with van der Waals surface area (Å²) in [6.45, 7) is 2.81. The summed E-state index contributed by atoms with van der Waals surface area (Å²) >= 11 is 3.39. The van der Waals surface area contributed by atoms with E-state index < -0.39 is 11.9 Å². The van der Waals surface area contributed by atoms with Crippen LogP contribution in [0.5, 0.6) is 0 Å². The van der Waals surface area contributed by atoms with Crippen molar-refractivity contribution in [1.82, 2.24) is 4.90 Å². The summed E-state index contributed by atoms with van der Waals surface area (Å²) in [4.78, 5) is 24.8. The van der Waals surface area contributed by atoms with Gasteiger partial charge >= 0.3 is 12.0 Å². The van der Waals surface area contributed by atoms with Crippen LogP contribution < -0.4 is 5.32 Å². The molecule has 5 nitrogen and oxygen atoms in total. The molecule has 0 saturated carbocycles. The van der Waals surface area contributed by atoms with E-state index in [0.29, 0.717) is 18.7 Å². The maximum Gasteiger partial charge on any atom is 0.321 e. The highest BCUT2D eigenvalue weighted by molar-refractivity contribution is 9.10. The van der Waals surface area contributed by atoms with Gasteiger partial charge in [0.05, 0.1) is 11.6 Å². The molecule has 6 heteroatoms. The van der Waals surface area contributed by atoms with E-state index in [1.165, 1.54) is 0 Å². The van der Waals surface area contributed by atoms with Crippen LogP contribution >= 0.6 is 15.9 Å². The Morgan fingerprint density at radius 2 is 2.20 bits per heavy atom. The Labute approximate surface area is 126 Å². The maximum absolute atomic E-state index is 12.2. The monoisotopic (exact) mass is 340 g/mol. The number of likely N-dealkylation sites (tertiary alicyclic amines) is 1. The van der Waals surface area contributed by atoms with E-state index in [0.717, 1.165) is 16.5 Å². The zero-order valence-electron chi connectivity index (χ0n) is 11.2. The smallest absolute Gasteiger partial charge is 0.321 e. The molecule has 1 saturated heterocycles. The molecule has 1 aliphatic rings. The van der Waals surface area contributed by atoms with Crippen molar-refractivity contribution in [2.75, 3.05) is 18.4 Å². The highest BCUT2D eigenvalue weighted by Gasteiger charge is 2.28. The van der Waals surface area contributed by atoms with E-state index in [-0.39, 0.29) is 12.6 Å². The SMILES string of the molecule is Cc1ccc(Br)c(NC(=O)N2CCC[C@H](C(=O)O)C2)c1. The second-order valence-corrected chi connectivity index (χ2v) is 5.89. The van der Waals surface area contributed by atoms with Gasteiger partial charge in [-0.25, -0.2) is 4.79 Å². The number of hydrogen-bond acceptors (Lipinski definition) is 2. The number of piperidine rings is 1. The van der Waals surface area contributed by atoms with Crippen molar-refractivity contribution in [2.45, 2.75) is 19.8 Å². The largest absolute Gasteiger partial charge is 0.481 e. The molecule has 1 fully saturated rings. The van der Waals surface area contributed by atoms with Gasteiger partial charge in [-0.2, -0.15) is 0 Å². The fourth-order valence-electron chi connectivity index (χ4n) is 2.29. The van der Waals surface area contributed by atoms with Crippen LogP contribution in [0.2, 0.25) is 0 Å². The Kier molecular flexibility index (Phi) is 4.65. The first-order valence-corrected chi connectivity index (χ1v) is 7.31. The lowest BCUT2D eigenvalue weighted by atomic mass is 9.99. The Morgan fingerprint density at radius 1 is 1.45 bits per heavy atom. The minimum atomic E-state index is -0.834. The number of aliphatic carboxylic acids is 1. The van der Waals surface area contributed by atoms with E-state index in [4.69, 9.17) is 5.11 Å². The Balaban J connectivity index is 2.04. The number of anilines is 1. The average Bonchev–Trinajstić information content (AvgIpc) is 2.43. The van der Waals surface area contributed by atoms with Crippen LogP contribution in [-0.2, 0) is 4.79 Å². The molecule has 0 aliphatic carbocycles. The molecule has 1 atom stereocenters. The third-order valence-electron chi connectivity index (χ3n) is 3.42. The van der Waals surface area contributed by atoms with Crippen LogP contribution in [0.3, 0.4) is 0 Å². The number of carbonyl (C=O) groups is 2. The first-order chi connectivity index (χ1) is 9.47. The van der Waals surface area contributed by atoms with Crippen molar-refractivity contribution in [2.24, 2.45) is 5.92 Å². The number of halogens is 1. The number of hydrogen-bond donors (Lipinski definition) is 2. The van der Waals surface area contributed by atoms with E-state index >= 15 is 0 Å². The van der Waals surface area contributed by atoms with Crippen molar-refractivity contribution < 1.29 is 14.7 Å². The summed E-state index contributed by atoms with van der Waals surface area (Å²) < 4.78 is 0.809. The molecule has 1 aliphatic heterocycles. The molecule has 0 spiro atoms. The summed E-state index contributed by atoms with van der Waals surface area (Å²) in [5.41, 5.74) is 1.75. The van der Waals surface area contributed by atoms with Crippen molar-refractivity contribution in [3.8, 4) is 0 Å². The molecule has 1 aromatic rings. The van der Waals surface area contributed by atoms with Crippen LogP contribution in [0.25, 0.3) is 0 Å². The molecule has 2 rings (SSSR count). The van der Waals surface area contributed by atoms with Crippen molar-refractivity contribution >= 4 is 33.6 Å². The van der Waals surface area contributed by atoms with Gasteiger partial charge in [-0.05, 0) is 53.4 Å². The number of urea groups is 1. The predicted octanol–water partition coefficient (Wildman–Crippen LogP) is 3.09. The fourth-order valence-corrected chi connectivity index (χ4v) is 2.64. The first-order valence-electron chi connectivity index (χ1n) is 6.52. The van der Waals surface area contributed by atoms with Crippen LogP contribution in [0.4, 0.5) is 10.5 Å².